The molecule has 1 aromatic rings. The van der Waals surface area contributed by atoms with Crippen molar-refractivity contribution in [2.75, 3.05) is 32.5 Å². The number of aliphatic carboxylic acids is 1. The molecule has 32 heavy (non-hydrogen) atoms. The first-order valence-electron chi connectivity index (χ1n) is 9.41. The third kappa shape index (κ3) is 7.00. The minimum Gasteiger partial charge on any atom is -0.475 e. The zero-order valence-corrected chi connectivity index (χ0v) is 18.0. The number of carbonyl (C=O) groups excluding carboxylic acids is 2. The van der Waals surface area contributed by atoms with Crippen LogP contribution in [0.3, 0.4) is 0 Å². The molecule has 2 fully saturated rings. The topological polar surface area (TPSA) is 159 Å². The van der Waals surface area contributed by atoms with Crippen molar-refractivity contribution in [3.63, 3.8) is 0 Å². The van der Waals surface area contributed by atoms with Gasteiger partial charge in [-0.1, -0.05) is 0 Å². The zero-order chi connectivity index (χ0) is 24.3. The number of carboxylic acid groups (broad SMARTS) is 1. The molecular weight excluding hydrogens is 461 g/mol. The van der Waals surface area contributed by atoms with E-state index in [4.69, 9.17) is 14.6 Å². The predicted molar refractivity (Wildman–Crippen MR) is 102 cm³/mol. The fourth-order valence-electron chi connectivity index (χ4n) is 3.44. The number of likely N-dealkylation sites (tertiary alicyclic amines) is 1. The largest absolute Gasteiger partial charge is 0.490 e. The van der Waals surface area contributed by atoms with Crippen LogP contribution in [0, 0.1) is 11.8 Å². The molecule has 2 saturated heterocycles. The Bertz CT molecular complexity index is 964. The lowest BCUT2D eigenvalue weighted by Gasteiger charge is -2.35. The van der Waals surface area contributed by atoms with Gasteiger partial charge in [0.05, 0.1) is 19.0 Å². The molecule has 1 amide bonds. The molecule has 3 heterocycles. The molecule has 11 nitrogen and oxygen atoms in total. The molecule has 0 aromatic carbocycles. The fourth-order valence-corrected chi connectivity index (χ4v) is 3.91. The number of aromatic amines is 1. The highest BCUT2D eigenvalue weighted by atomic mass is 32.2. The number of carbonyl (C=O) groups is 3. The first-order chi connectivity index (χ1) is 14.7. The number of H-pyrrole nitrogens is 1. The molecule has 180 valence electrons. The van der Waals surface area contributed by atoms with E-state index in [1.165, 1.54) is 13.0 Å². The molecule has 0 spiro atoms. The predicted octanol–water partition coefficient (Wildman–Crippen LogP) is 0.272. The number of ketones is 1. The summed E-state index contributed by atoms with van der Waals surface area (Å²) in [4.78, 5) is 34.6. The van der Waals surface area contributed by atoms with Crippen molar-refractivity contribution in [2.45, 2.75) is 25.6 Å². The van der Waals surface area contributed by atoms with Gasteiger partial charge in [0, 0.05) is 32.5 Å². The molecule has 3 atom stereocenters. The highest BCUT2D eigenvalue weighted by Gasteiger charge is 2.42. The first kappa shape index (κ1) is 25.7. The number of piperidine rings is 1. The summed E-state index contributed by atoms with van der Waals surface area (Å²) < 4.78 is 62.5. The van der Waals surface area contributed by atoms with Crippen LogP contribution in [-0.4, -0.2) is 91.1 Å². The zero-order valence-electron chi connectivity index (χ0n) is 17.2. The Morgan fingerprint density at radius 1 is 1.38 bits per heavy atom. The van der Waals surface area contributed by atoms with Crippen LogP contribution in [0.4, 0.5) is 13.2 Å². The molecule has 2 aliphatic rings. The van der Waals surface area contributed by atoms with Crippen LogP contribution < -0.4 is 4.72 Å². The van der Waals surface area contributed by atoms with Crippen LogP contribution in [0.5, 0.6) is 0 Å². The Hall–Kier alpha value is -2.52. The quantitative estimate of drug-likeness (QED) is 0.503. The number of nitrogens with one attached hydrogen (secondary N) is 2. The van der Waals surface area contributed by atoms with E-state index in [-0.39, 0.29) is 41.6 Å². The molecule has 0 radical (unpaired) electrons. The normalized spacial score (nSPS) is 23.2. The number of nitrogens with zero attached hydrogens (tertiary/aromatic N) is 2. The fraction of sp³-hybridized carbons (Fsp3) is 0.647. The third-order valence-electron chi connectivity index (χ3n) is 5.05. The van der Waals surface area contributed by atoms with Crippen LogP contribution in [0.1, 0.15) is 34.3 Å². The van der Waals surface area contributed by atoms with E-state index in [0.717, 1.165) is 12.7 Å². The average Bonchev–Trinajstić information content (AvgIpc) is 3.32. The maximum atomic E-state index is 12.6. The van der Waals surface area contributed by atoms with E-state index < -0.39 is 22.2 Å². The molecule has 2 aliphatic heterocycles. The number of Topliss-reactive ketones (excluding diaryl/α,β-unsaturated/α-hetero) is 1. The molecule has 0 unspecified atom stereocenters. The van der Waals surface area contributed by atoms with Crippen molar-refractivity contribution < 1.29 is 45.8 Å². The van der Waals surface area contributed by atoms with Crippen LogP contribution in [0.15, 0.2) is 6.07 Å². The van der Waals surface area contributed by atoms with Crippen molar-refractivity contribution >= 4 is 27.7 Å². The second kappa shape index (κ2) is 9.95. The van der Waals surface area contributed by atoms with Gasteiger partial charge < -0.3 is 14.7 Å². The summed E-state index contributed by atoms with van der Waals surface area (Å²) in [6.07, 6.45) is -3.41. The van der Waals surface area contributed by atoms with Gasteiger partial charge >= 0.3 is 12.1 Å². The highest BCUT2D eigenvalue weighted by molar-refractivity contribution is 7.88. The highest BCUT2D eigenvalue weighted by Crippen LogP contribution is 2.34. The van der Waals surface area contributed by atoms with Gasteiger partial charge in [0.15, 0.2) is 5.78 Å². The summed E-state index contributed by atoms with van der Waals surface area (Å²) >= 11 is 0. The van der Waals surface area contributed by atoms with Gasteiger partial charge in [-0.2, -0.15) is 18.3 Å². The van der Waals surface area contributed by atoms with Crippen molar-refractivity contribution in [1.82, 2.24) is 19.8 Å². The van der Waals surface area contributed by atoms with E-state index in [1.807, 2.05) is 0 Å². The van der Waals surface area contributed by atoms with Gasteiger partial charge in [-0.25, -0.2) is 17.9 Å². The summed E-state index contributed by atoms with van der Waals surface area (Å²) in [7, 11) is -3.28. The number of aromatic nitrogens is 2. The van der Waals surface area contributed by atoms with Gasteiger partial charge in [0.1, 0.15) is 11.4 Å². The van der Waals surface area contributed by atoms with Gasteiger partial charge in [-0.15, -0.1) is 0 Å². The Morgan fingerprint density at radius 2 is 2.00 bits per heavy atom. The summed E-state index contributed by atoms with van der Waals surface area (Å²) in [6, 6.07) is 1.46. The molecule has 0 aliphatic carbocycles. The van der Waals surface area contributed by atoms with Gasteiger partial charge in [0.25, 0.3) is 5.91 Å². The van der Waals surface area contributed by atoms with E-state index in [0.29, 0.717) is 25.6 Å². The number of fused-ring (bicyclic) bond motifs is 1. The number of rotatable bonds is 5. The van der Waals surface area contributed by atoms with Crippen molar-refractivity contribution in [2.24, 2.45) is 11.8 Å². The van der Waals surface area contributed by atoms with E-state index in [1.54, 1.807) is 4.90 Å². The summed E-state index contributed by atoms with van der Waals surface area (Å²) in [5.74, 6) is -2.76. The summed E-state index contributed by atoms with van der Waals surface area (Å²) in [5, 5.41) is 13.6. The van der Waals surface area contributed by atoms with Crippen LogP contribution in [0.25, 0.3) is 0 Å². The van der Waals surface area contributed by atoms with E-state index >= 15 is 0 Å². The summed E-state index contributed by atoms with van der Waals surface area (Å²) in [5.41, 5.74) is 0.519. The lowest BCUT2D eigenvalue weighted by Crippen LogP contribution is -2.47. The first-order valence-corrected chi connectivity index (χ1v) is 11.3. The van der Waals surface area contributed by atoms with Crippen molar-refractivity contribution in [1.29, 1.82) is 0 Å². The maximum Gasteiger partial charge on any atom is 0.490 e. The lowest BCUT2D eigenvalue weighted by molar-refractivity contribution is -0.192. The number of hydrogen-bond acceptors (Lipinski definition) is 7. The minimum atomic E-state index is -5.08. The van der Waals surface area contributed by atoms with Gasteiger partial charge in [-0.05, 0) is 18.4 Å². The Kier molecular flexibility index (Phi) is 8.01. The summed E-state index contributed by atoms with van der Waals surface area (Å²) in [6.45, 7) is 3.28. The van der Waals surface area contributed by atoms with Gasteiger partial charge in [0.2, 0.25) is 10.0 Å². The van der Waals surface area contributed by atoms with Gasteiger partial charge in [-0.3, -0.25) is 14.7 Å². The lowest BCUT2D eigenvalue weighted by atomic mass is 9.84. The monoisotopic (exact) mass is 484 g/mol. The number of alkyl halides is 3. The molecule has 3 N–H and O–H groups in total. The third-order valence-corrected chi connectivity index (χ3v) is 5.74. The Balaban J connectivity index is 0.000000451. The molecule has 3 rings (SSSR count). The standard InChI is InChI=1S/C15H22N4O5S.C2HF3O2/c1-9(20)12-5-13(18-17-12)15(21)19-4-3-10-8-24-14(11(10)7-19)6-16-25(2,22)23;3-2(4,5)1(6)7/h5,10-11,14,16H,3-4,6-8H2,1-2H3,(H,17,18);(H,6,7)/t10-,11-,14+;/m0./s1. The van der Waals surface area contributed by atoms with Crippen LogP contribution in [0.2, 0.25) is 0 Å². The Morgan fingerprint density at radius 3 is 2.50 bits per heavy atom. The number of halogens is 3. The molecule has 15 heteroatoms. The molecule has 1 aromatic heterocycles. The molecule has 0 saturated carbocycles. The number of carboxylic acids is 1. The minimum absolute atomic E-state index is 0.0853. The van der Waals surface area contributed by atoms with Crippen LogP contribution >= 0.6 is 0 Å². The average molecular weight is 484 g/mol. The second-order valence-corrected chi connectivity index (χ2v) is 9.32. The number of ether oxygens (including phenoxy) is 1. The van der Waals surface area contributed by atoms with Crippen LogP contribution in [-0.2, 0) is 19.6 Å². The maximum absolute atomic E-state index is 12.6. The van der Waals surface area contributed by atoms with E-state index in [9.17, 15) is 31.2 Å². The molecule has 0 bridgehead atoms. The number of amides is 1. The van der Waals surface area contributed by atoms with Crippen molar-refractivity contribution in [3.05, 3.63) is 17.5 Å². The number of sulfonamides is 1. The Labute approximate surface area is 181 Å². The molecular formula is C17H23F3N4O7S. The SMILES string of the molecule is CC(=O)c1cc(C(=O)N2CC[C@H]3CO[C@H](CNS(C)(=O)=O)[C@H]3C2)[nH]n1.O=C(O)C(F)(F)F. The van der Waals surface area contributed by atoms with Crippen molar-refractivity contribution in [3.8, 4) is 0 Å². The van der Waals surface area contributed by atoms with E-state index in [2.05, 4.69) is 14.9 Å². The smallest absolute Gasteiger partial charge is 0.475 e. The number of hydrogen-bond donors (Lipinski definition) is 3. The second-order valence-electron chi connectivity index (χ2n) is 7.48.